The van der Waals surface area contributed by atoms with E-state index >= 15 is 0 Å². The molecule has 0 unspecified atom stereocenters. The highest BCUT2D eigenvalue weighted by molar-refractivity contribution is 5.88. The molecule has 0 amide bonds. The zero-order valence-electron chi connectivity index (χ0n) is 14.0. The smallest absolute Gasteiger partial charge is 0.310 e. The highest BCUT2D eigenvalue weighted by atomic mass is 16.5. The van der Waals surface area contributed by atoms with Crippen molar-refractivity contribution in [2.45, 2.75) is 44.8 Å². The molecule has 3 fully saturated rings. The van der Waals surface area contributed by atoms with Crippen LogP contribution in [-0.4, -0.2) is 35.8 Å². The van der Waals surface area contributed by atoms with E-state index < -0.39 is 0 Å². The molecule has 4 nitrogen and oxygen atoms in total. The summed E-state index contributed by atoms with van der Waals surface area (Å²) < 4.78 is 5.57. The largest absolute Gasteiger partial charge is 0.461 e. The van der Waals surface area contributed by atoms with Crippen LogP contribution in [0.25, 0.3) is 0 Å². The van der Waals surface area contributed by atoms with Gasteiger partial charge in [0.15, 0.2) is 0 Å². The molecule has 0 spiro atoms. The minimum Gasteiger partial charge on any atom is -0.461 e. The first-order chi connectivity index (χ1) is 11.7. The molecule has 24 heavy (non-hydrogen) atoms. The minimum atomic E-state index is -0.245. The summed E-state index contributed by atoms with van der Waals surface area (Å²) in [5.41, 5.74) is 0.994. The van der Waals surface area contributed by atoms with Gasteiger partial charge in [0.05, 0.1) is 5.92 Å². The molecule has 1 aromatic carbocycles. The quantitative estimate of drug-likeness (QED) is 0.801. The van der Waals surface area contributed by atoms with Gasteiger partial charge < -0.3 is 4.74 Å². The van der Waals surface area contributed by atoms with Crippen molar-refractivity contribution in [3.63, 3.8) is 0 Å². The lowest BCUT2D eigenvalue weighted by atomic mass is 9.69. The first-order valence-electron chi connectivity index (χ1n) is 9.21. The lowest BCUT2D eigenvalue weighted by Crippen LogP contribution is -2.49. The summed E-state index contributed by atoms with van der Waals surface area (Å²) in [6, 6.07) is 10.0. The van der Waals surface area contributed by atoms with Gasteiger partial charge in [-0.05, 0) is 43.8 Å². The number of hydrogen-bond donors (Lipinski definition) is 0. The second kappa shape index (κ2) is 6.67. The van der Waals surface area contributed by atoms with Crippen molar-refractivity contribution in [3.05, 3.63) is 35.9 Å². The van der Waals surface area contributed by atoms with Crippen LogP contribution in [0.2, 0.25) is 0 Å². The highest BCUT2D eigenvalue weighted by Crippen LogP contribution is 2.45. The SMILES string of the molecule is O=C(OCc1ccccc1)[C@H]1CC(=O)[C@H]2CCCCN3CC[C@@H]1[C@@H]23. The molecule has 1 aromatic rings. The standard InChI is InChI=1S/C20H25NO3/c22-18-12-17(20(23)24-13-14-6-2-1-3-7-14)15-9-11-21-10-5-4-8-16(18)19(15)21/h1-3,6-7,15-17,19H,4-5,8-13H2/t15-,16+,17-,19-/m0/s1. The average Bonchev–Trinajstić information content (AvgIpc) is 2.90. The molecule has 4 atom stereocenters. The third-order valence-corrected chi connectivity index (χ3v) is 6.11. The van der Waals surface area contributed by atoms with Gasteiger partial charge in [-0.15, -0.1) is 0 Å². The molecule has 0 aromatic heterocycles. The summed E-state index contributed by atoms with van der Waals surface area (Å²) in [5, 5.41) is 0. The lowest BCUT2D eigenvalue weighted by Gasteiger charge is -2.39. The van der Waals surface area contributed by atoms with Crippen LogP contribution in [0.5, 0.6) is 0 Å². The van der Waals surface area contributed by atoms with Crippen LogP contribution in [0.15, 0.2) is 30.3 Å². The molecule has 1 saturated carbocycles. The molecule has 2 aliphatic heterocycles. The lowest BCUT2D eigenvalue weighted by molar-refractivity contribution is -0.157. The van der Waals surface area contributed by atoms with E-state index in [0.717, 1.165) is 37.9 Å². The monoisotopic (exact) mass is 327 g/mol. The maximum atomic E-state index is 12.7. The third-order valence-electron chi connectivity index (χ3n) is 6.11. The molecule has 4 rings (SSSR count). The van der Waals surface area contributed by atoms with Gasteiger partial charge in [0.1, 0.15) is 12.4 Å². The Labute approximate surface area is 143 Å². The van der Waals surface area contributed by atoms with Crippen LogP contribution in [0.4, 0.5) is 0 Å². The van der Waals surface area contributed by atoms with Crippen molar-refractivity contribution >= 4 is 11.8 Å². The number of hydrogen-bond acceptors (Lipinski definition) is 4. The Bertz CT molecular complexity index is 615. The number of esters is 1. The first-order valence-corrected chi connectivity index (χ1v) is 9.21. The molecule has 2 saturated heterocycles. The Morgan fingerprint density at radius 1 is 1.12 bits per heavy atom. The normalized spacial score (nSPS) is 32.9. The van der Waals surface area contributed by atoms with Gasteiger partial charge in [-0.2, -0.15) is 0 Å². The summed E-state index contributed by atoms with van der Waals surface area (Å²) in [6.45, 7) is 2.41. The van der Waals surface area contributed by atoms with E-state index in [1.165, 1.54) is 6.42 Å². The van der Waals surface area contributed by atoms with Crippen molar-refractivity contribution in [3.8, 4) is 0 Å². The van der Waals surface area contributed by atoms with Crippen LogP contribution in [0.3, 0.4) is 0 Å². The van der Waals surface area contributed by atoms with Gasteiger partial charge in [-0.1, -0.05) is 36.8 Å². The van der Waals surface area contributed by atoms with Crippen molar-refractivity contribution in [1.29, 1.82) is 0 Å². The zero-order chi connectivity index (χ0) is 16.5. The summed E-state index contributed by atoms with van der Waals surface area (Å²) in [7, 11) is 0. The average molecular weight is 327 g/mol. The summed E-state index contributed by atoms with van der Waals surface area (Å²) in [6.07, 6.45) is 4.73. The van der Waals surface area contributed by atoms with E-state index in [4.69, 9.17) is 4.74 Å². The number of benzene rings is 1. The number of nitrogens with zero attached hydrogens (tertiary/aromatic N) is 1. The first kappa shape index (κ1) is 15.8. The number of rotatable bonds is 3. The minimum absolute atomic E-state index is 0.151. The molecule has 128 valence electrons. The fourth-order valence-corrected chi connectivity index (χ4v) is 4.97. The summed E-state index contributed by atoms with van der Waals surface area (Å²) in [5.74, 6) is 0.311. The van der Waals surface area contributed by atoms with Crippen molar-refractivity contribution < 1.29 is 14.3 Å². The second-order valence-electron chi connectivity index (χ2n) is 7.45. The van der Waals surface area contributed by atoms with Gasteiger partial charge in [-0.25, -0.2) is 0 Å². The molecule has 4 heteroatoms. The maximum absolute atomic E-state index is 12.7. The molecule has 1 aliphatic carbocycles. The molecule has 0 N–H and O–H groups in total. The van der Waals surface area contributed by atoms with Crippen LogP contribution >= 0.6 is 0 Å². The number of ketones is 1. The van der Waals surface area contributed by atoms with E-state index in [0.29, 0.717) is 18.9 Å². The number of Topliss-reactive ketones (excluding diaryl/α,β-unsaturated/α-hetero) is 1. The Hall–Kier alpha value is -1.68. The third kappa shape index (κ3) is 2.88. The Balaban J connectivity index is 1.47. The van der Waals surface area contributed by atoms with Gasteiger partial charge in [0.2, 0.25) is 0 Å². The van der Waals surface area contributed by atoms with Crippen molar-refractivity contribution in [2.24, 2.45) is 17.8 Å². The van der Waals surface area contributed by atoms with E-state index in [1.54, 1.807) is 0 Å². The van der Waals surface area contributed by atoms with E-state index in [-0.39, 0.29) is 29.6 Å². The van der Waals surface area contributed by atoms with Crippen molar-refractivity contribution in [1.82, 2.24) is 4.90 Å². The topological polar surface area (TPSA) is 46.6 Å². The van der Waals surface area contributed by atoms with Crippen LogP contribution in [0.1, 0.15) is 37.7 Å². The van der Waals surface area contributed by atoms with Crippen molar-refractivity contribution in [2.75, 3.05) is 13.1 Å². The Kier molecular flexibility index (Phi) is 4.40. The predicted molar refractivity (Wildman–Crippen MR) is 90.2 cm³/mol. The summed E-state index contributed by atoms with van der Waals surface area (Å²) in [4.78, 5) is 27.8. The van der Waals surface area contributed by atoms with Gasteiger partial charge >= 0.3 is 5.97 Å². The highest BCUT2D eigenvalue weighted by Gasteiger charge is 2.52. The molecular formula is C20H25NO3. The fourth-order valence-electron chi connectivity index (χ4n) is 4.97. The Morgan fingerprint density at radius 3 is 2.79 bits per heavy atom. The van der Waals surface area contributed by atoms with Crippen LogP contribution in [-0.2, 0) is 20.9 Å². The molecule has 0 bridgehead atoms. The number of ether oxygens (including phenoxy) is 1. The van der Waals surface area contributed by atoms with Crippen LogP contribution < -0.4 is 0 Å². The molecular weight excluding hydrogens is 302 g/mol. The number of carbonyl (C=O) groups is 2. The maximum Gasteiger partial charge on any atom is 0.310 e. The van der Waals surface area contributed by atoms with Gasteiger partial charge in [0.25, 0.3) is 0 Å². The molecule has 3 aliphatic rings. The van der Waals surface area contributed by atoms with E-state index in [2.05, 4.69) is 4.90 Å². The van der Waals surface area contributed by atoms with E-state index in [9.17, 15) is 9.59 Å². The van der Waals surface area contributed by atoms with Crippen LogP contribution in [0, 0.1) is 17.8 Å². The fraction of sp³-hybridized carbons (Fsp3) is 0.600. The zero-order valence-corrected chi connectivity index (χ0v) is 14.0. The molecule has 0 radical (unpaired) electrons. The Morgan fingerprint density at radius 2 is 1.96 bits per heavy atom. The summed E-state index contributed by atoms with van der Waals surface area (Å²) >= 11 is 0. The molecule has 2 heterocycles. The van der Waals surface area contributed by atoms with E-state index in [1.807, 2.05) is 30.3 Å². The van der Waals surface area contributed by atoms with Gasteiger partial charge in [0, 0.05) is 18.4 Å². The number of carbonyl (C=O) groups excluding carboxylic acids is 2. The second-order valence-corrected chi connectivity index (χ2v) is 7.45. The predicted octanol–water partition coefficient (Wildman–Crippen LogP) is 2.81. The van der Waals surface area contributed by atoms with Gasteiger partial charge in [-0.3, -0.25) is 14.5 Å².